The topological polar surface area (TPSA) is 25.2 Å². The molecule has 0 fully saturated rings. The molecule has 0 saturated carbocycles. The minimum atomic E-state index is 1.01. The number of hydrogen-bond acceptors (Lipinski definition) is 2. The van der Waals surface area contributed by atoms with Gasteiger partial charge in [0, 0.05) is 11.8 Å². The molecule has 0 amide bonds. The molecule has 1 heterocycles. The zero-order valence-electron chi connectivity index (χ0n) is 10.8. The molecule has 0 aliphatic heterocycles. The summed E-state index contributed by atoms with van der Waals surface area (Å²) in [5.41, 5.74) is 2.29. The maximum absolute atomic E-state index is 5.80. The summed E-state index contributed by atoms with van der Waals surface area (Å²) in [5, 5.41) is 4.63. The van der Waals surface area contributed by atoms with Gasteiger partial charge < -0.3 is 9.73 Å². The normalized spacial score (nSPS) is 11.2. The highest BCUT2D eigenvalue weighted by Gasteiger charge is 2.03. The van der Waals surface area contributed by atoms with Crippen molar-refractivity contribution in [3.63, 3.8) is 0 Å². The number of benzene rings is 1. The van der Waals surface area contributed by atoms with E-state index in [-0.39, 0.29) is 0 Å². The molecule has 0 atom stereocenters. The van der Waals surface area contributed by atoms with Crippen LogP contribution in [0, 0.1) is 6.92 Å². The number of furan rings is 1. The van der Waals surface area contributed by atoms with Crippen LogP contribution in [0.25, 0.3) is 11.0 Å². The first-order valence-corrected chi connectivity index (χ1v) is 6.49. The summed E-state index contributed by atoms with van der Waals surface area (Å²) in [6.07, 6.45) is 3.35. The van der Waals surface area contributed by atoms with Crippen LogP contribution in [0.1, 0.15) is 31.1 Å². The number of rotatable bonds is 6. The van der Waals surface area contributed by atoms with Crippen molar-refractivity contribution in [2.24, 2.45) is 0 Å². The molecule has 17 heavy (non-hydrogen) atoms. The number of nitrogens with one attached hydrogen (secondary N) is 1. The van der Waals surface area contributed by atoms with Crippen LogP contribution in [0.3, 0.4) is 0 Å². The minimum absolute atomic E-state index is 1.01. The number of aryl methyl sites for hydroxylation is 2. The molecular weight excluding hydrogens is 210 g/mol. The van der Waals surface area contributed by atoms with Crippen LogP contribution in [0.2, 0.25) is 0 Å². The van der Waals surface area contributed by atoms with Crippen molar-refractivity contribution >= 4 is 11.0 Å². The third-order valence-corrected chi connectivity index (χ3v) is 2.93. The summed E-state index contributed by atoms with van der Waals surface area (Å²) in [6, 6.07) is 8.50. The molecule has 92 valence electrons. The van der Waals surface area contributed by atoms with Crippen LogP contribution in [-0.2, 0) is 6.42 Å². The predicted molar refractivity (Wildman–Crippen MR) is 72.4 cm³/mol. The van der Waals surface area contributed by atoms with Gasteiger partial charge in [0.1, 0.15) is 11.3 Å². The molecule has 0 bridgehead atoms. The van der Waals surface area contributed by atoms with Gasteiger partial charge in [0.25, 0.3) is 0 Å². The highest BCUT2D eigenvalue weighted by atomic mass is 16.3. The Bertz CT molecular complexity index is 473. The quantitative estimate of drug-likeness (QED) is 0.767. The molecule has 0 radical (unpaired) electrons. The van der Waals surface area contributed by atoms with Crippen molar-refractivity contribution in [2.45, 2.75) is 33.1 Å². The highest BCUT2D eigenvalue weighted by Crippen LogP contribution is 2.21. The van der Waals surface area contributed by atoms with Gasteiger partial charge in [-0.1, -0.05) is 18.6 Å². The van der Waals surface area contributed by atoms with Crippen molar-refractivity contribution in [1.82, 2.24) is 5.32 Å². The summed E-state index contributed by atoms with van der Waals surface area (Å²) in [7, 11) is 0. The van der Waals surface area contributed by atoms with Gasteiger partial charge >= 0.3 is 0 Å². The van der Waals surface area contributed by atoms with Crippen LogP contribution in [0.4, 0.5) is 0 Å². The van der Waals surface area contributed by atoms with Gasteiger partial charge in [-0.05, 0) is 51.1 Å². The molecule has 0 aliphatic carbocycles. The molecule has 0 saturated heterocycles. The lowest BCUT2D eigenvalue weighted by Crippen LogP contribution is -2.16. The Labute approximate surface area is 103 Å². The summed E-state index contributed by atoms with van der Waals surface area (Å²) >= 11 is 0. The fourth-order valence-electron chi connectivity index (χ4n) is 2.03. The Morgan fingerprint density at radius 1 is 1.18 bits per heavy atom. The second-order valence-corrected chi connectivity index (χ2v) is 4.61. The average Bonchev–Trinajstić information content (AvgIpc) is 2.70. The highest BCUT2D eigenvalue weighted by molar-refractivity contribution is 5.78. The smallest absolute Gasteiger partial charge is 0.134 e. The van der Waals surface area contributed by atoms with E-state index < -0.39 is 0 Å². The lowest BCUT2D eigenvalue weighted by molar-refractivity contribution is 0.528. The van der Waals surface area contributed by atoms with Crippen LogP contribution in [-0.4, -0.2) is 13.1 Å². The fourth-order valence-corrected chi connectivity index (χ4v) is 2.03. The van der Waals surface area contributed by atoms with E-state index in [2.05, 4.69) is 43.4 Å². The fraction of sp³-hybridized carbons (Fsp3) is 0.467. The van der Waals surface area contributed by atoms with Crippen molar-refractivity contribution in [2.75, 3.05) is 13.1 Å². The largest absolute Gasteiger partial charge is 0.461 e. The lowest BCUT2D eigenvalue weighted by Gasteiger charge is -2.00. The summed E-state index contributed by atoms with van der Waals surface area (Å²) < 4.78 is 5.80. The molecule has 1 N–H and O–H groups in total. The van der Waals surface area contributed by atoms with E-state index >= 15 is 0 Å². The molecule has 1 aromatic carbocycles. The Morgan fingerprint density at radius 2 is 2.06 bits per heavy atom. The maximum Gasteiger partial charge on any atom is 0.134 e. The van der Waals surface area contributed by atoms with Crippen LogP contribution in [0.15, 0.2) is 28.7 Å². The third kappa shape index (κ3) is 3.34. The summed E-state index contributed by atoms with van der Waals surface area (Å²) in [4.78, 5) is 0. The summed E-state index contributed by atoms with van der Waals surface area (Å²) in [6.45, 7) is 6.48. The standard InChI is InChI=1S/C15H21NO/c1-3-8-16-9-4-5-14-11-13-10-12(2)6-7-15(13)17-14/h6-7,10-11,16H,3-5,8-9H2,1-2H3. The van der Waals surface area contributed by atoms with E-state index in [0.717, 1.165) is 37.3 Å². The van der Waals surface area contributed by atoms with Crippen LogP contribution >= 0.6 is 0 Å². The molecule has 0 spiro atoms. The zero-order valence-corrected chi connectivity index (χ0v) is 10.8. The van der Waals surface area contributed by atoms with E-state index in [9.17, 15) is 0 Å². The van der Waals surface area contributed by atoms with Crippen molar-refractivity contribution in [1.29, 1.82) is 0 Å². The SMILES string of the molecule is CCCNCCCc1cc2cc(C)ccc2o1. The third-order valence-electron chi connectivity index (χ3n) is 2.93. The first kappa shape index (κ1) is 12.2. The van der Waals surface area contributed by atoms with Gasteiger partial charge in [-0.15, -0.1) is 0 Å². The molecule has 0 unspecified atom stereocenters. The Morgan fingerprint density at radius 3 is 2.88 bits per heavy atom. The number of fused-ring (bicyclic) bond motifs is 1. The molecule has 2 aromatic rings. The van der Waals surface area contributed by atoms with E-state index in [4.69, 9.17) is 4.42 Å². The Hall–Kier alpha value is -1.28. The average molecular weight is 231 g/mol. The van der Waals surface area contributed by atoms with Gasteiger partial charge in [-0.3, -0.25) is 0 Å². The minimum Gasteiger partial charge on any atom is -0.461 e. The van der Waals surface area contributed by atoms with Gasteiger partial charge in [-0.2, -0.15) is 0 Å². The molecule has 1 aromatic heterocycles. The van der Waals surface area contributed by atoms with E-state index in [1.165, 1.54) is 17.4 Å². The van der Waals surface area contributed by atoms with E-state index in [1.807, 2.05) is 0 Å². The Kier molecular flexibility index (Phi) is 4.21. The summed E-state index contributed by atoms with van der Waals surface area (Å²) in [5.74, 6) is 1.10. The zero-order chi connectivity index (χ0) is 12.1. The number of hydrogen-bond donors (Lipinski definition) is 1. The first-order chi connectivity index (χ1) is 8.29. The van der Waals surface area contributed by atoms with Crippen LogP contribution in [0.5, 0.6) is 0 Å². The molecule has 2 heteroatoms. The second-order valence-electron chi connectivity index (χ2n) is 4.61. The monoisotopic (exact) mass is 231 g/mol. The predicted octanol–water partition coefficient (Wildman–Crippen LogP) is 3.67. The molecule has 0 aliphatic rings. The second kappa shape index (κ2) is 5.87. The molecular formula is C15H21NO. The van der Waals surface area contributed by atoms with Gasteiger partial charge in [-0.25, -0.2) is 0 Å². The maximum atomic E-state index is 5.80. The van der Waals surface area contributed by atoms with E-state index in [0.29, 0.717) is 0 Å². The van der Waals surface area contributed by atoms with Crippen LogP contribution < -0.4 is 5.32 Å². The molecule has 2 nitrogen and oxygen atoms in total. The van der Waals surface area contributed by atoms with Crippen molar-refractivity contribution < 1.29 is 4.42 Å². The van der Waals surface area contributed by atoms with Gasteiger partial charge in [0.2, 0.25) is 0 Å². The van der Waals surface area contributed by atoms with Crippen molar-refractivity contribution in [3.8, 4) is 0 Å². The van der Waals surface area contributed by atoms with Crippen molar-refractivity contribution in [3.05, 3.63) is 35.6 Å². The van der Waals surface area contributed by atoms with Gasteiger partial charge in [0.15, 0.2) is 0 Å². The van der Waals surface area contributed by atoms with Gasteiger partial charge in [0.05, 0.1) is 0 Å². The Balaban J connectivity index is 1.91. The van der Waals surface area contributed by atoms with E-state index in [1.54, 1.807) is 0 Å². The first-order valence-electron chi connectivity index (χ1n) is 6.49. The molecule has 2 rings (SSSR count). The lowest BCUT2D eigenvalue weighted by atomic mass is 10.1.